The molecule has 5 nitrogen and oxygen atoms in total. The zero-order valence-electron chi connectivity index (χ0n) is 11.1. The third kappa shape index (κ3) is 2.46. The second-order valence-electron chi connectivity index (χ2n) is 4.97. The first kappa shape index (κ1) is 12.2. The number of aromatic nitrogens is 2. The van der Waals surface area contributed by atoms with Gasteiger partial charge in [0.05, 0.1) is 13.1 Å². The number of hydrogen-bond donors (Lipinski definition) is 1. The van der Waals surface area contributed by atoms with Crippen molar-refractivity contribution in [2.75, 3.05) is 11.4 Å². The molecule has 1 aromatic heterocycles. The van der Waals surface area contributed by atoms with Gasteiger partial charge in [-0.3, -0.25) is 0 Å². The van der Waals surface area contributed by atoms with Gasteiger partial charge in [0.15, 0.2) is 5.82 Å². The number of hydrogen-bond acceptors (Lipinski definition) is 5. The molecule has 0 fully saturated rings. The van der Waals surface area contributed by atoms with Gasteiger partial charge < -0.3 is 15.2 Å². The number of benzene rings is 1. The van der Waals surface area contributed by atoms with Gasteiger partial charge >= 0.3 is 0 Å². The first-order valence-electron chi connectivity index (χ1n) is 6.62. The van der Waals surface area contributed by atoms with Crippen molar-refractivity contribution >= 4 is 5.69 Å². The molecule has 0 saturated heterocycles. The SMILES string of the molecule is Cc1ccc2c(c1)N(Cc1noc(CN)n1)CCC2. The van der Waals surface area contributed by atoms with Crippen molar-refractivity contribution in [3.05, 3.63) is 41.0 Å². The summed E-state index contributed by atoms with van der Waals surface area (Å²) in [4.78, 5) is 6.59. The molecule has 0 unspecified atom stereocenters. The Labute approximate surface area is 112 Å². The molecule has 0 amide bonds. The van der Waals surface area contributed by atoms with E-state index in [1.165, 1.54) is 16.8 Å². The van der Waals surface area contributed by atoms with Crippen LogP contribution in [0.15, 0.2) is 22.7 Å². The molecule has 2 heterocycles. The van der Waals surface area contributed by atoms with E-state index in [0.717, 1.165) is 19.4 Å². The van der Waals surface area contributed by atoms with Gasteiger partial charge in [-0.25, -0.2) is 0 Å². The van der Waals surface area contributed by atoms with Crippen LogP contribution in [-0.4, -0.2) is 16.7 Å². The van der Waals surface area contributed by atoms with Gasteiger partial charge in [-0.2, -0.15) is 4.98 Å². The summed E-state index contributed by atoms with van der Waals surface area (Å²) in [6, 6.07) is 6.62. The molecule has 0 bridgehead atoms. The van der Waals surface area contributed by atoms with Crippen molar-refractivity contribution in [1.82, 2.24) is 10.1 Å². The highest BCUT2D eigenvalue weighted by Crippen LogP contribution is 2.28. The summed E-state index contributed by atoms with van der Waals surface area (Å²) >= 11 is 0. The fourth-order valence-corrected chi connectivity index (χ4v) is 2.53. The van der Waals surface area contributed by atoms with Crippen LogP contribution >= 0.6 is 0 Å². The monoisotopic (exact) mass is 258 g/mol. The molecule has 1 aromatic carbocycles. The summed E-state index contributed by atoms with van der Waals surface area (Å²) in [6.45, 7) is 4.12. The van der Waals surface area contributed by atoms with Crippen LogP contribution in [0.3, 0.4) is 0 Å². The highest BCUT2D eigenvalue weighted by atomic mass is 16.5. The van der Waals surface area contributed by atoms with Crippen molar-refractivity contribution in [2.45, 2.75) is 32.9 Å². The largest absolute Gasteiger partial charge is 0.364 e. The zero-order chi connectivity index (χ0) is 13.2. The molecule has 1 aliphatic rings. The predicted octanol–water partition coefficient (Wildman–Crippen LogP) is 1.79. The molecule has 0 saturated carbocycles. The summed E-state index contributed by atoms with van der Waals surface area (Å²) < 4.78 is 5.05. The van der Waals surface area contributed by atoms with Gasteiger partial charge in [-0.1, -0.05) is 17.3 Å². The van der Waals surface area contributed by atoms with Crippen molar-refractivity contribution < 1.29 is 4.52 Å². The number of fused-ring (bicyclic) bond motifs is 1. The summed E-state index contributed by atoms with van der Waals surface area (Å²) in [5, 5.41) is 3.97. The Morgan fingerprint density at radius 1 is 1.42 bits per heavy atom. The highest BCUT2D eigenvalue weighted by Gasteiger charge is 2.19. The number of rotatable bonds is 3. The van der Waals surface area contributed by atoms with E-state index >= 15 is 0 Å². The molecule has 2 aromatic rings. The molecule has 100 valence electrons. The third-order valence-corrected chi connectivity index (χ3v) is 3.47. The summed E-state index contributed by atoms with van der Waals surface area (Å²) in [7, 11) is 0. The van der Waals surface area contributed by atoms with Gasteiger partial charge in [-0.05, 0) is 37.0 Å². The van der Waals surface area contributed by atoms with Crippen LogP contribution in [0.1, 0.15) is 29.3 Å². The first-order valence-corrected chi connectivity index (χ1v) is 6.62. The van der Waals surface area contributed by atoms with E-state index in [-0.39, 0.29) is 0 Å². The minimum Gasteiger partial charge on any atom is -0.364 e. The summed E-state index contributed by atoms with van der Waals surface area (Å²) in [5.41, 5.74) is 9.46. The third-order valence-electron chi connectivity index (χ3n) is 3.47. The van der Waals surface area contributed by atoms with E-state index in [4.69, 9.17) is 10.3 Å². The smallest absolute Gasteiger partial charge is 0.240 e. The molecule has 0 radical (unpaired) electrons. The molecule has 5 heteroatoms. The zero-order valence-corrected chi connectivity index (χ0v) is 11.1. The highest BCUT2D eigenvalue weighted by molar-refractivity contribution is 5.57. The van der Waals surface area contributed by atoms with E-state index in [9.17, 15) is 0 Å². The van der Waals surface area contributed by atoms with Crippen LogP contribution in [0.25, 0.3) is 0 Å². The Morgan fingerprint density at radius 3 is 3.11 bits per heavy atom. The van der Waals surface area contributed by atoms with Crippen molar-refractivity contribution in [3.8, 4) is 0 Å². The Morgan fingerprint density at radius 2 is 2.32 bits per heavy atom. The number of nitrogens with zero attached hydrogens (tertiary/aromatic N) is 3. The van der Waals surface area contributed by atoms with Gasteiger partial charge in [0.1, 0.15) is 0 Å². The average molecular weight is 258 g/mol. The van der Waals surface area contributed by atoms with E-state index in [2.05, 4.69) is 40.2 Å². The Bertz CT molecular complexity index is 579. The lowest BCUT2D eigenvalue weighted by molar-refractivity contribution is 0.374. The fraction of sp³-hybridized carbons (Fsp3) is 0.429. The predicted molar refractivity (Wildman–Crippen MR) is 72.7 cm³/mol. The van der Waals surface area contributed by atoms with Crippen LogP contribution < -0.4 is 10.6 Å². The molecule has 1 aliphatic heterocycles. The van der Waals surface area contributed by atoms with Crippen LogP contribution in [-0.2, 0) is 19.5 Å². The van der Waals surface area contributed by atoms with Gasteiger partial charge in [0.25, 0.3) is 0 Å². The Hall–Kier alpha value is -1.88. The molecule has 2 N–H and O–H groups in total. The van der Waals surface area contributed by atoms with Crippen molar-refractivity contribution in [3.63, 3.8) is 0 Å². The molecular formula is C14H18N4O. The molecule has 0 spiro atoms. The van der Waals surface area contributed by atoms with E-state index in [1.807, 2.05) is 0 Å². The molecule has 19 heavy (non-hydrogen) atoms. The minimum atomic E-state index is 0.294. The van der Waals surface area contributed by atoms with Crippen LogP contribution in [0.4, 0.5) is 5.69 Å². The van der Waals surface area contributed by atoms with Crippen LogP contribution in [0.5, 0.6) is 0 Å². The van der Waals surface area contributed by atoms with Crippen LogP contribution in [0.2, 0.25) is 0 Å². The fourth-order valence-electron chi connectivity index (χ4n) is 2.53. The maximum atomic E-state index is 5.48. The van der Waals surface area contributed by atoms with Gasteiger partial charge in [0, 0.05) is 12.2 Å². The first-order chi connectivity index (χ1) is 9.26. The van der Waals surface area contributed by atoms with Crippen molar-refractivity contribution in [1.29, 1.82) is 0 Å². The number of nitrogens with two attached hydrogens (primary N) is 1. The number of anilines is 1. The van der Waals surface area contributed by atoms with E-state index in [1.54, 1.807) is 0 Å². The topological polar surface area (TPSA) is 68.2 Å². The maximum absolute atomic E-state index is 5.48. The minimum absolute atomic E-state index is 0.294. The van der Waals surface area contributed by atoms with Crippen LogP contribution in [0, 0.1) is 6.92 Å². The molecule has 3 rings (SSSR count). The normalized spacial score (nSPS) is 14.5. The molecular weight excluding hydrogens is 240 g/mol. The lowest BCUT2D eigenvalue weighted by Crippen LogP contribution is -2.29. The number of aryl methyl sites for hydroxylation is 2. The molecule has 0 aliphatic carbocycles. The molecule has 0 atom stereocenters. The van der Waals surface area contributed by atoms with E-state index in [0.29, 0.717) is 24.8 Å². The Kier molecular flexibility index (Phi) is 3.21. The second-order valence-corrected chi connectivity index (χ2v) is 4.97. The van der Waals surface area contributed by atoms with Crippen molar-refractivity contribution in [2.24, 2.45) is 5.73 Å². The standard InChI is InChI=1S/C14H18N4O/c1-10-4-5-11-3-2-6-18(12(11)7-10)9-13-16-14(8-15)19-17-13/h4-5,7H,2-3,6,8-9,15H2,1H3. The summed E-state index contributed by atoms with van der Waals surface area (Å²) in [6.07, 6.45) is 2.31. The maximum Gasteiger partial charge on any atom is 0.240 e. The Balaban J connectivity index is 1.84. The lowest BCUT2D eigenvalue weighted by atomic mass is 10.00. The second kappa shape index (κ2) is 5.01. The summed E-state index contributed by atoms with van der Waals surface area (Å²) in [5.74, 6) is 1.20. The quantitative estimate of drug-likeness (QED) is 0.909. The van der Waals surface area contributed by atoms with Gasteiger partial charge in [0.2, 0.25) is 5.89 Å². The average Bonchev–Trinajstić information content (AvgIpc) is 2.87. The van der Waals surface area contributed by atoms with Gasteiger partial charge in [-0.15, -0.1) is 0 Å². The van der Waals surface area contributed by atoms with E-state index < -0.39 is 0 Å². The lowest BCUT2D eigenvalue weighted by Gasteiger charge is -2.30.